The maximum absolute atomic E-state index is 13.1. The number of carbonyl (C=O) groups is 3. The lowest BCUT2D eigenvalue weighted by Crippen LogP contribution is -2.41. The molecule has 4 rings (SSSR count). The second kappa shape index (κ2) is 8.88. The molecule has 0 aliphatic carbocycles. The number of halogens is 1. The third-order valence-corrected chi connectivity index (χ3v) is 5.83. The lowest BCUT2D eigenvalue weighted by atomic mass is 9.98. The van der Waals surface area contributed by atoms with E-state index in [1.165, 1.54) is 17.0 Å². The molecule has 2 atom stereocenters. The smallest absolute Gasteiger partial charge is 0.253 e. The van der Waals surface area contributed by atoms with Gasteiger partial charge in [-0.25, -0.2) is 4.39 Å². The van der Waals surface area contributed by atoms with E-state index < -0.39 is 0 Å². The minimum atomic E-state index is -0.337. The lowest BCUT2D eigenvalue weighted by Gasteiger charge is -2.33. The van der Waals surface area contributed by atoms with Crippen molar-refractivity contribution in [3.63, 3.8) is 0 Å². The van der Waals surface area contributed by atoms with Gasteiger partial charge in [0.25, 0.3) is 5.91 Å². The molecule has 6 nitrogen and oxygen atoms in total. The minimum absolute atomic E-state index is 0.125. The molecule has 2 aliphatic heterocycles. The summed E-state index contributed by atoms with van der Waals surface area (Å²) in [5.41, 5.74) is 0.899. The molecule has 2 aromatic carbocycles. The molecule has 2 saturated heterocycles. The van der Waals surface area contributed by atoms with Crippen LogP contribution in [0.25, 0.3) is 0 Å². The fourth-order valence-corrected chi connectivity index (χ4v) is 4.15. The van der Waals surface area contributed by atoms with Gasteiger partial charge in [0.05, 0.1) is 12.3 Å². The highest BCUT2D eigenvalue weighted by Gasteiger charge is 2.37. The molecule has 0 bridgehead atoms. The number of benzene rings is 2. The third-order valence-electron chi connectivity index (χ3n) is 5.83. The van der Waals surface area contributed by atoms with E-state index in [-0.39, 0.29) is 41.8 Å². The fourth-order valence-electron chi connectivity index (χ4n) is 4.15. The Bertz CT molecular complexity index is 991. The van der Waals surface area contributed by atoms with Crippen LogP contribution in [-0.2, 0) is 9.59 Å². The summed E-state index contributed by atoms with van der Waals surface area (Å²) in [7, 11) is 0. The van der Waals surface area contributed by atoms with E-state index in [1.807, 2.05) is 0 Å². The molecular weight excluding hydrogens is 399 g/mol. The molecule has 2 aromatic rings. The van der Waals surface area contributed by atoms with Gasteiger partial charge in [0.1, 0.15) is 11.6 Å². The largest absolute Gasteiger partial charge is 0.493 e. The number of nitrogens with zero attached hydrogens (tertiary/aromatic N) is 2. The number of likely N-dealkylation sites (tertiary alicyclic amines) is 1. The van der Waals surface area contributed by atoms with E-state index in [1.54, 1.807) is 48.2 Å². The van der Waals surface area contributed by atoms with Crippen LogP contribution in [0.3, 0.4) is 0 Å². The highest BCUT2D eigenvalue weighted by atomic mass is 19.1. The van der Waals surface area contributed by atoms with E-state index in [0.29, 0.717) is 36.7 Å². The van der Waals surface area contributed by atoms with E-state index in [9.17, 15) is 18.8 Å². The molecule has 0 N–H and O–H groups in total. The van der Waals surface area contributed by atoms with Crippen LogP contribution in [0.1, 0.15) is 36.5 Å². The van der Waals surface area contributed by atoms with E-state index >= 15 is 0 Å². The third kappa shape index (κ3) is 4.60. The first kappa shape index (κ1) is 21.0. The predicted molar refractivity (Wildman–Crippen MR) is 113 cm³/mol. The Balaban J connectivity index is 1.41. The van der Waals surface area contributed by atoms with Crippen molar-refractivity contribution >= 4 is 23.4 Å². The van der Waals surface area contributed by atoms with E-state index in [0.717, 1.165) is 12.8 Å². The van der Waals surface area contributed by atoms with Gasteiger partial charge in [-0.1, -0.05) is 13.0 Å². The van der Waals surface area contributed by atoms with Gasteiger partial charge in [0.2, 0.25) is 11.8 Å². The van der Waals surface area contributed by atoms with Gasteiger partial charge >= 0.3 is 0 Å². The molecule has 0 aromatic heterocycles. The van der Waals surface area contributed by atoms with Gasteiger partial charge in [-0.3, -0.25) is 19.3 Å². The Hall–Kier alpha value is -3.22. The molecule has 3 amide bonds. The van der Waals surface area contributed by atoms with Gasteiger partial charge in [-0.2, -0.15) is 0 Å². The molecular formula is C24H25FN2O4. The molecule has 162 valence electrons. The van der Waals surface area contributed by atoms with Crippen LogP contribution in [0.2, 0.25) is 0 Å². The Morgan fingerprint density at radius 3 is 2.65 bits per heavy atom. The van der Waals surface area contributed by atoms with Crippen LogP contribution in [-0.4, -0.2) is 42.3 Å². The number of amides is 3. The lowest BCUT2D eigenvalue weighted by molar-refractivity contribution is -0.122. The molecule has 31 heavy (non-hydrogen) atoms. The van der Waals surface area contributed by atoms with Crippen molar-refractivity contribution in [1.82, 2.24) is 4.90 Å². The zero-order valence-corrected chi connectivity index (χ0v) is 17.4. The summed E-state index contributed by atoms with van der Waals surface area (Å²) in [4.78, 5) is 40.6. The van der Waals surface area contributed by atoms with Crippen LogP contribution in [0.5, 0.6) is 5.75 Å². The maximum Gasteiger partial charge on any atom is 0.253 e. The van der Waals surface area contributed by atoms with Gasteiger partial charge in [0, 0.05) is 36.9 Å². The number of piperidine rings is 1. The summed E-state index contributed by atoms with van der Waals surface area (Å²) in [5, 5.41) is 0. The SMILES string of the molecule is CC1CC(=O)N(c2cccc(C(=O)N3CCCC(COc4ccc(F)cc4)C3)c2)C1=O. The summed E-state index contributed by atoms with van der Waals surface area (Å²) < 4.78 is 18.8. The van der Waals surface area contributed by atoms with Gasteiger partial charge in [-0.15, -0.1) is 0 Å². The predicted octanol–water partition coefficient (Wildman–Crippen LogP) is 3.66. The van der Waals surface area contributed by atoms with Crippen molar-refractivity contribution in [3.05, 3.63) is 59.9 Å². The molecule has 0 radical (unpaired) electrons. The van der Waals surface area contributed by atoms with Crippen LogP contribution < -0.4 is 9.64 Å². The molecule has 2 unspecified atom stereocenters. The number of imide groups is 1. The molecule has 0 saturated carbocycles. The van der Waals surface area contributed by atoms with Crippen LogP contribution in [0, 0.1) is 17.7 Å². The van der Waals surface area contributed by atoms with Crippen LogP contribution >= 0.6 is 0 Å². The van der Waals surface area contributed by atoms with E-state index in [4.69, 9.17) is 4.74 Å². The van der Waals surface area contributed by atoms with Crippen molar-refractivity contribution < 1.29 is 23.5 Å². The quantitative estimate of drug-likeness (QED) is 0.687. The van der Waals surface area contributed by atoms with Gasteiger partial charge in [0.15, 0.2) is 0 Å². The highest BCUT2D eigenvalue weighted by Crippen LogP contribution is 2.28. The zero-order chi connectivity index (χ0) is 22.0. The topological polar surface area (TPSA) is 66.9 Å². The Labute approximate surface area is 180 Å². The molecule has 2 heterocycles. The molecule has 7 heteroatoms. The Morgan fingerprint density at radius 2 is 1.94 bits per heavy atom. The van der Waals surface area contributed by atoms with Crippen LogP contribution in [0.15, 0.2) is 48.5 Å². The minimum Gasteiger partial charge on any atom is -0.493 e. The normalized spacial score (nSPS) is 21.5. The monoisotopic (exact) mass is 424 g/mol. The Kier molecular flexibility index (Phi) is 6.02. The first-order valence-corrected chi connectivity index (χ1v) is 10.6. The fraction of sp³-hybridized carbons (Fsp3) is 0.375. The average Bonchev–Trinajstić information content (AvgIpc) is 3.04. The highest BCUT2D eigenvalue weighted by molar-refractivity contribution is 6.21. The molecule has 2 aliphatic rings. The summed E-state index contributed by atoms with van der Waals surface area (Å²) in [6, 6.07) is 12.6. The number of anilines is 1. The first-order valence-electron chi connectivity index (χ1n) is 10.6. The summed E-state index contributed by atoms with van der Waals surface area (Å²) in [5.74, 6) is -0.462. The second-order valence-corrected chi connectivity index (χ2v) is 8.25. The van der Waals surface area contributed by atoms with Gasteiger partial charge < -0.3 is 9.64 Å². The van der Waals surface area contributed by atoms with Crippen molar-refractivity contribution in [2.75, 3.05) is 24.6 Å². The van der Waals surface area contributed by atoms with Crippen molar-refractivity contribution in [2.24, 2.45) is 11.8 Å². The average molecular weight is 424 g/mol. The number of carbonyl (C=O) groups excluding carboxylic acids is 3. The molecule has 0 spiro atoms. The van der Waals surface area contributed by atoms with Crippen molar-refractivity contribution in [1.29, 1.82) is 0 Å². The second-order valence-electron chi connectivity index (χ2n) is 8.25. The maximum atomic E-state index is 13.1. The number of hydrogen-bond acceptors (Lipinski definition) is 4. The van der Waals surface area contributed by atoms with Crippen LogP contribution in [0.4, 0.5) is 10.1 Å². The van der Waals surface area contributed by atoms with Gasteiger partial charge in [-0.05, 0) is 55.3 Å². The van der Waals surface area contributed by atoms with Crippen molar-refractivity contribution in [2.45, 2.75) is 26.2 Å². The summed E-state index contributed by atoms with van der Waals surface area (Å²) in [6.45, 7) is 3.39. The summed E-state index contributed by atoms with van der Waals surface area (Å²) in [6.07, 6.45) is 2.00. The Morgan fingerprint density at radius 1 is 1.16 bits per heavy atom. The zero-order valence-electron chi connectivity index (χ0n) is 17.4. The molecule has 2 fully saturated rings. The summed E-state index contributed by atoms with van der Waals surface area (Å²) >= 11 is 0. The first-order chi connectivity index (χ1) is 14.9. The van der Waals surface area contributed by atoms with Crippen molar-refractivity contribution in [3.8, 4) is 5.75 Å². The number of ether oxygens (including phenoxy) is 1. The number of hydrogen-bond donors (Lipinski definition) is 0. The standard InChI is InChI=1S/C24H25FN2O4/c1-16-12-22(28)27(23(16)29)20-6-2-5-18(13-20)24(30)26-11-3-4-17(14-26)15-31-21-9-7-19(25)8-10-21/h2,5-10,13,16-17H,3-4,11-12,14-15H2,1H3. The van der Waals surface area contributed by atoms with E-state index in [2.05, 4.69) is 0 Å². The number of rotatable bonds is 5.